The van der Waals surface area contributed by atoms with Crippen molar-refractivity contribution in [3.05, 3.63) is 35.6 Å². The Bertz CT molecular complexity index is 376. The number of benzene rings is 1. The van der Waals surface area contributed by atoms with Gasteiger partial charge in [0.15, 0.2) is 0 Å². The van der Waals surface area contributed by atoms with E-state index in [0.717, 1.165) is 0 Å². The lowest BCUT2D eigenvalue weighted by molar-refractivity contribution is -0.119. The fourth-order valence-electron chi connectivity index (χ4n) is 0.952. The highest BCUT2D eigenvalue weighted by Gasteiger charge is 2.13. The van der Waals surface area contributed by atoms with E-state index in [1.807, 2.05) is 0 Å². The first-order valence-corrected chi connectivity index (χ1v) is 4.36. The van der Waals surface area contributed by atoms with Crippen LogP contribution in [0.2, 0.25) is 0 Å². The minimum absolute atomic E-state index is 0.282. The zero-order chi connectivity index (χ0) is 11.4. The van der Waals surface area contributed by atoms with Crippen molar-refractivity contribution in [2.75, 3.05) is 0 Å². The molecule has 0 saturated heterocycles. The second-order valence-electron chi connectivity index (χ2n) is 3.10. The molecule has 3 N–H and O–H groups in total. The SMILES string of the molecule is C[C@H](NC(=O)c1ccc(F)cc1)C(N)=O. The number of primary amides is 1. The number of rotatable bonds is 3. The molecule has 0 unspecified atom stereocenters. The lowest BCUT2D eigenvalue weighted by atomic mass is 10.2. The Labute approximate surface area is 86.3 Å². The normalized spacial score (nSPS) is 11.9. The number of amides is 2. The van der Waals surface area contributed by atoms with Gasteiger partial charge in [-0.15, -0.1) is 0 Å². The molecule has 0 aliphatic carbocycles. The van der Waals surface area contributed by atoms with Crippen LogP contribution >= 0.6 is 0 Å². The molecule has 0 heterocycles. The first-order valence-electron chi connectivity index (χ1n) is 4.36. The molecule has 0 aliphatic heterocycles. The average Bonchev–Trinajstić information content (AvgIpc) is 2.18. The Morgan fingerprint density at radius 2 is 1.87 bits per heavy atom. The molecule has 2 amide bonds. The van der Waals surface area contributed by atoms with Gasteiger partial charge in [-0.2, -0.15) is 0 Å². The summed E-state index contributed by atoms with van der Waals surface area (Å²) in [6, 6.07) is 4.26. The topological polar surface area (TPSA) is 72.2 Å². The van der Waals surface area contributed by atoms with E-state index in [-0.39, 0.29) is 5.56 Å². The summed E-state index contributed by atoms with van der Waals surface area (Å²) in [5.41, 5.74) is 5.25. The molecule has 0 spiro atoms. The first kappa shape index (κ1) is 11.2. The highest BCUT2D eigenvalue weighted by atomic mass is 19.1. The van der Waals surface area contributed by atoms with Crippen LogP contribution in [0.3, 0.4) is 0 Å². The van der Waals surface area contributed by atoms with Crippen LogP contribution in [0, 0.1) is 5.82 Å². The van der Waals surface area contributed by atoms with Gasteiger partial charge < -0.3 is 11.1 Å². The monoisotopic (exact) mass is 210 g/mol. The molecule has 0 fully saturated rings. The van der Waals surface area contributed by atoms with E-state index < -0.39 is 23.7 Å². The van der Waals surface area contributed by atoms with Gasteiger partial charge in [0, 0.05) is 5.56 Å². The third kappa shape index (κ3) is 3.05. The smallest absolute Gasteiger partial charge is 0.251 e. The zero-order valence-electron chi connectivity index (χ0n) is 8.16. The number of carbonyl (C=O) groups is 2. The Kier molecular flexibility index (Phi) is 3.38. The molecule has 15 heavy (non-hydrogen) atoms. The Morgan fingerprint density at radius 3 is 2.33 bits per heavy atom. The third-order valence-corrected chi connectivity index (χ3v) is 1.88. The number of halogens is 1. The van der Waals surface area contributed by atoms with E-state index in [9.17, 15) is 14.0 Å². The molecular weight excluding hydrogens is 199 g/mol. The molecule has 1 atom stereocenters. The molecule has 1 aromatic carbocycles. The maximum absolute atomic E-state index is 12.5. The van der Waals surface area contributed by atoms with Crippen molar-refractivity contribution in [2.24, 2.45) is 5.73 Å². The molecular formula is C10H11FN2O2. The van der Waals surface area contributed by atoms with E-state index >= 15 is 0 Å². The third-order valence-electron chi connectivity index (χ3n) is 1.88. The number of nitrogens with one attached hydrogen (secondary N) is 1. The van der Waals surface area contributed by atoms with E-state index in [1.54, 1.807) is 0 Å². The summed E-state index contributed by atoms with van der Waals surface area (Å²) >= 11 is 0. The lowest BCUT2D eigenvalue weighted by Crippen LogP contribution is -2.42. The van der Waals surface area contributed by atoms with Crippen molar-refractivity contribution in [1.29, 1.82) is 0 Å². The summed E-state index contributed by atoms with van der Waals surface area (Å²) in [6.45, 7) is 1.48. The summed E-state index contributed by atoms with van der Waals surface area (Å²) in [6.07, 6.45) is 0. The predicted molar refractivity (Wildman–Crippen MR) is 52.5 cm³/mol. The minimum atomic E-state index is -0.748. The highest BCUT2D eigenvalue weighted by molar-refractivity contribution is 5.97. The number of hydrogen-bond acceptors (Lipinski definition) is 2. The summed E-state index contributed by atoms with van der Waals surface area (Å²) < 4.78 is 12.5. The van der Waals surface area contributed by atoms with Gasteiger partial charge in [0.05, 0.1) is 0 Å². The summed E-state index contributed by atoms with van der Waals surface area (Å²) in [4.78, 5) is 22.1. The largest absolute Gasteiger partial charge is 0.368 e. The van der Waals surface area contributed by atoms with Gasteiger partial charge in [0.25, 0.3) is 5.91 Å². The minimum Gasteiger partial charge on any atom is -0.368 e. The molecule has 5 heteroatoms. The summed E-state index contributed by atoms with van der Waals surface area (Å²) in [5, 5.41) is 2.38. The number of hydrogen-bond donors (Lipinski definition) is 2. The van der Waals surface area contributed by atoms with Gasteiger partial charge in [0.2, 0.25) is 5.91 Å². The van der Waals surface area contributed by atoms with Crippen molar-refractivity contribution < 1.29 is 14.0 Å². The van der Waals surface area contributed by atoms with Crippen molar-refractivity contribution in [1.82, 2.24) is 5.32 Å². The quantitative estimate of drug-likeness (QED) is 0.759. The molecule has 0 bridgehead atoms. The van der Waals surface area contributed by atoms with Gasteiger partial charge in [-0.05, 0) is 31.2 Å². The fraction of sp³-hybridized carbons (Fsp3) is 0.200. The van der Waals surface area contributed by atoms with Crippen LogP contribution in [0.15, 0.2) is 24.3 Å². The van der Waals surface area contributed by atoms with Gasteiger partial charge in [-0.3, -0.25) is 9.59 Å². The Hall–Kier alpha value is -1.91. The first-order chi connectivity index (χ1) is 7.00. The van der Waals surface area contributed by atoms with Crippen LogP contribution in [0.5, 0.6) is 0 Å². The molecule has 4 nitrogen and oxygen atoms in total. The van der Waals surface area contributed by atoms with E-state index in [4.69, 9.17) is 5.73 Å². The molecule has 0 aromatic heterocycles. The summed E-state index contributed by atoms with van der Waals surface area (Å²) in [7, 11) is 0. The molecule has 0 radical (unpaired) electrons. The van der Waals surface area contributed by atoms with E-state index in [2.05, 4.69) is 5.32 Å². The van der Waals surface area contributed by atoms with E-state index in [0.29, 0.717) is 0 Å². The van der Waals surface area contributed by atoms with Crippen molar-refractivity contribution >= 4 is 11.8 Å². The van der Waals surface area contributed by atoms with Gasteiger partial charge in [-0.1, -0.05) is 0 Å². The molecule has 0 aliphatic rings. The lowest BCUT2D eigenvalue weighted by Gasteiger charge is -2.09. The van der Waals surface area contributed by atoms with Gasteiger partial charge >= 0.3 is 0 Å². The molecule has 1 rings (SSSR count). The highest BCUT2D eigenvalue weighted by Crippen LogP contribution is 2.02. The van der Waals surface area contributed by atoms with E-state index in [1.165, 1.54) is 31.2 Å². The number of carbonyl (C=O) groups excluding carboxylic acids is 2. The van der Waals surface area contributed by atoms with Gasteiger partial charge in [-0.25, -0.2) is 4.39 Å². The fourth-order valence-corrected chi connectivity index (χ4v) is 0.952. The molecule has 0 saturated carbocycles. The molecule has 80 valence electrons. The maximum Gasteiger partial charge on any atom is 0.251 e. The van der Waals surface area contributed by atoms with Crippen LogP contribution in [-0.2, 0) is 4.79 Å². The summed E-state index contributed by atoms with van der Waals surface area (Å²) in [5.74, 6) is -1.50. The van der Waals surface area contributed by atoms with Crippen LogP contribution in [0.25, 0.3) is 0 Å². The van der Waals surface area contributed by atoms with Crippen LogP contribution in [0.1, 0.15) is 17.3 Å². The van der Waals surface area contributed by atoms with Crippen molar-refractivity contribution in [2.45, 2.75) is 13.0 Å². The average molecular weight is 210 g/mol. The van der Waals surface area contributed by atoms with Crippen LogP contribution in [0.4, 0.5) is 4.39 Å². The predicted octanol–water partition coefficient (Wildman–Crippen LogP) is 0.429. The number of nitrogens with two attached hydrogens (primary N) is 1. The van der Waals surface area contributed by atoms with Crippen molar-refractivity contribution in [3.63, 3.8) is 0 Å². The van der Waals surface area contributed by atoms with Crippen LogP contribution < -0.4 is 11.1 Å². The maximum atomic E-state index is 12.5. The zero-order valence-corrected chi connectivity index (χ0v) is 8.16. The van der Waals surface area contributed by atoms with Gasteiger partial charge in [0.1, 0.15) is 11.9 Å². The second kappa shape index (κ2) is 4.54. The standard InChI is InChI=1S/C10H11FN2O2/c1-6(9(12)14)13-10(15)7-2-4-8(11)5-3-7/h2-6H,1H3,(H2,12,14)(H,13,15)/t6-/m0/s1. The molecule has 1 aromatic rings. The Morgan fingerprint density at radius 1 is 1.33 bits per heavy atom. The van der Waals surface area contributed by atoms with Crippen molar-refractivity contribution in [3.8, 4) is 0 Å². The Balaban J connectivity index is 2.69. The van der Waals surface area contributed by atoms with Crippen LogP contribution in [-0.4, -0.2) is 17.9 Å². The second-order valence-corrected chi connectivity index (χ2v) is 3.10.